The molecule has 138 valence electrons. The van der Waals surface area contributed by atoms with Gasteiger partial charge in [0, 0.05) is 20.1 Å². The molecule has 0 aliphatic heterocycles. The minimum absolute atomic E-state index is 0.0253. The smallest absolute Gasteiger partial charge is 0.275 e. The van der Waals surface area contributed by atoms with E-state index < -0.39 is 10.0 Å². The fourth-order valence-electron chi connectivity index (χ4n) is 2.68. The molecule has 5 nitrogen and oxygen atoms in total. The lowest BCUT2D eigenvalue weighted by atomic mass is 9.95. The van der Waals surface area contributed by atoms with E-state index in [1.165, 1.54) is 31.3 Å². The molecule has 0 radical (unpaired) electrons. The van der Waals surface area contributed by atoms with Gasteiger partial charge in [0.05, 0.1) is 6.54 Å². The highest BCUT2D eigenvalue weighted by molar-refractivity contribution is 7.88. The van der Waals surface area contributed by atoms with Crippen LogP contribution < -0.4 is 5.32 Å². The number of nitrogens with zero attached hydrogens (tertiary/aromatic N) is 1. The van der Waals surface area contributed by atoms with Crippen molar-refractivity contribution < 1.29 is 12.8 Å². The molecule has 1 unspecified atom stereocenters. The Morgan fingerprint density at radius 3 is 2.24 bits per heavy atom. The van der Waals surface area contributed by atoms with E-state index in [9.17, 15) is 8.42 Å². The fraction of sp³-hybridized carbons (Fsp3) is 0.474. The summed E-state index contributed by atoms with van der Waals surface area (Å²) in [5.41, 5.74) is 2.54. The molecule has 25 heavy (non-hydrogen) atoms. The summed E-state index contributed by atoms with van der Waals surface area (Å²) in [5.74, 6) is 1.00. The number of nitrogens with one attached hydrogen (secondary N) is 1. The summed E-state index contributed by atoms with van der Waals surface area (Å²) in [5, 5.41) is 3.46. The van der Waals surface area contributed by atoms with Crippen LogP contribution in [0.5, 0.6) is 0 Å². The van der Waals surface area contributed by atoms with Gasteiger partial charge in [-0.25, -0.2) is 12.7 Å². The first-order chi connectivity index (χ1) is 11.8. The van der Waals surface area contributed by atoms with Crippen molar-refractivity contribution in [3.05, 3.63) is 53.3 Å². The zero-order chi connectivity index (χ0) is 18.6. The van der Waals surface area contributed by atoms with Crippen molar-refractivity contribution in [2.45, 2.75) is 44.9 Å². The number of hydrogen-bond acceptors (Lipinski definition) is 4. The first-order valence-electron chi connectivity index (χ1n) is 8.59. The van der Waals surface area contributed by atoms with Crippen LogP contribution in [0.3, 0.4) is 0 Å². The lowest BCUT2D eigenvalue weighted by Gasteiger charge is -2.23. The average molecular weight is 365 g/mol. The second-order valence-electron chi connectivity index (χ2n) is 6.71. The normalized spacial score (nSPS) is 13.6. The van der Waals surface area contributed by atoms with Crippen molar-refractivity contribution in [2.75, 3.05) is 14.1 Å². The zero-order valence-corrected chi connectivity index (χ0v) is 16.4. The summed E-state index contributed by atoms with van der Waals surface area (Å²) in [7, 11) is -0.551. The lowest BCUT2D eigenvalue weighted by Crippen LogP contribution is -2.25. The summed E-state index contributed by atoms with van der Waals surface area (Å²) in [6.45, 7) is 6.94. The second kappa shape index (κ2) is 8.17. The molecule has 0 saturated heterocycles. The molecule has 1 atom stereocenters. The van der Waals surface area contributed by atoms with Crippen LogP contribution in [-0.4, -0.2) is 26.8 Å². The molecule has 0 bridgehead atoms. The Morgan fingerprint density at radius 2 is 1.72 bits per heavy atom. The van der Waals surface area contributed by atoms with Crippen LogP contribution in [0, 0.1) is 5.92 Å². The Hall–Kier alpha value is -1.63. The van der Waals surface area contributed by atoms with Crippen molar-refractivity contribution in [2.24, 2.45) is 5.92 Å². The number of hydrogen-bond donors (Lipinski definition) is 1. The van der Waals surface area contributed by atoms with E-state index in [4.69, 9.17) is 4.42 Å². The van der Waals surface area contributed by atoms with Gasteiger partial charge in [-0.2, -0.15) is 0 Å². The predicted octanol–water partition coefficient (Wildman–Crippen LogP) is 3.58. The molecule has 2 rings (SSSR count). The fourth-order valence-corrected chi connectivity index (χ4v) is 3.49. The maximum atomic E-state index is 12.1. The van der Waals surface area contributed by atoms with Gasteiger partial charge >= 0.3 is 0 Å². The summed E-state index contributed by atoms with van der Waals surface area (Å²) in [6, 6.07) is 12.0. The Labute approximate surface area is 151 Å². The molecule has 0 spiro atoms. The summed E-state index contributed by atoms with van der Waals surface area (Å²) < 4.78 is 30.8. The first kappa shape index (κ1) is 19.7. The third-order valence-electron chi connectivity index (χ3n) is 4.28. The average Bonchev–Trinajstić information content (AvgIpc) is 3.05. The molecule has 1 heterocycles. The summed E-state index contributed by atoms with van der Waals surface area (Å²) >= 11 is 0. The van der Waals surface area contributed by atoms with E-state index in [1.54, 1.807) is 6.07 Å². The van der Waals surface area contributed by atoms with Crippen molar-refractivity contribution in [3.8, 4) is 0 Å². The van der Waals surface area contributed by atoms with Gasteiger partial charge in [0.1, 0.15) is 5.76 Å². The van der Waals surface area contributed by atoms with Gasteiger partial charge in [0.15, 0.2) is 0 Å². The van der Waals surface area contributed by atoms with Crippen LogP contribution in [0.15, 0.2) is 45.9 Å². The molecule has 0 fully saturated rings. The van der Waals surface area contributed by atoms with Crippen molar-refractivity contribution in [3.63, 3.8) is 0 Å². The number of furan rings is 1. The minimum atomic E-state index is -3.53. The second-order valence-corrected chi connectivity index (χ2v) is 8.79. The van der Waals surface area contributed by atoms with Crippen LogP contribution in [0.2, 0.25) is 0 Å². The standard InChI is InChI=1S/C19H28N2O3S/c1-6-15-7-9-16(10-8-15)19(14(2)3)20-13-17-11-12-18(24-17)25(22,23)21(4)5/h7-12,14,19-20H,6,13H2,1-5H3. The van der Waals surface area contributed by atoms with E-state index >= 15 is 0 Å². The number of rotatable bonds is 8. The molecule has 0 amide bonds. The molecular formula is C19H28N2O3S. The maximum absolute atomic E-state index is 12.1. The molecule has 1 N–H and O–H groups in total. The largest absolute Gasteiger partial charge is 0.447 e. The van der Waals surface area contributed by atoms with Crippen molar-refractivity contribution in [1.82, 2.24) is 9.62 Å². The van der Waals surface area contributed by atoms with E-state index in [0.29, 0.717) is 18.2 Å². The van der Waals surface area contributed by atoms with Crippen LogP contribution in [-0.2, 0) is 23.0 Å². The predicted molar refractivity (Wildman–Crippen MR) is 99.8 cm³/mol. The highest BCUT2D eigenvalue weighted by atomic mass is 32.2. The third-order valence-corrected chi connectivity index (χ3v) is 5.97. The number of aryl methyl sites for hydroxylation is 1. The van der Waals surface area contributed by atoms with Gasteiger partial charge in [0.25, 0.3) is 10.0 Å². The quantitative estimate of drug-likeness (QED) is 0.778. The van der Waals surface area contributed by atoms with Gasteiger partial charge in [-0.3, -0.25) is 0 Å². The molecule has 1 aromatic carbocycles. The van der Waals surface area contributed by atoms with Gasteiger partial charge in [-0.1, -0.05) is 45.0 Å². The lowest BCUT2D eigenvalue weighted by molar-refractivity contribution is 0.355. The SMILES string of the molecule is CCc1ccc(C(NCc2ccc(S(=O)(=O)N(C)C)o2)C(C)C)cc1. The number of benzene rings is 1. The van der Waals surface area contributed by atoms with E-state index in [2.05, 4.69) is 50.4 Å². The van der Waals surface area contributed by atoms with Gasteiger partial charge in [-0.05, 0) is 35.6 Å². The van der Waals surface area contributed by atoms with E-state index in [0.717, 1.165) is 10.7 Å². The minimum Gasteiger partial charge on any atom is -0.447 e. The van der Waals surface area contributed by atoms with Crippen LogP contribution >= 0.6 is 0 Å². The Kier molecular flexibility index (Phi) is 6.43. The monoisotopic (exact) mass is 364 g/mol. The van der Waals surface area contributed by atoms with E-state index in [-0.39, 0.29) is 11.1 Å². The van der Waals surface area contributed by atoms with Crippen LogP contribution in [0.4, 0.5) is 0 Å². The highest BCUT2D eigenvalue weighted by Gasteiger charge is 2.22. The molecular weight excluding hydrogens is 336 g/mol. The van der Waals surface area contributed by atoms with Crippen molar-refractivity contribution >= 4 is 10.0 Å². The third kappa shape index (κ3) is 4.71. The first-order valence-corrected chi connectivity index (χ1v) is 10.0. The molecule has 2 aromatic rings. The molecule has 1 aromatic heterocycles. The summed E-state index contributed by atoms with van der Waals surface area (Å²) in [6.07, 6.45) is 1.02. The highest BCUT2D eigenvalue weighted by Crippen LogP contribution is 2.24. The van der Waals surface area contributed by atoms with Gasteiger partial charge in [0.2, 0.25) is 5.09 Å². The summed E-state index contributed by atoms with van der Waals surface area (Å²) in [4.78, 5) is 0. The molecule has 0 saturated carbocycles. The number of sulfonamides is 1. The molecule has 0 aliphatic rings. The molecule has 6 heteroatoms. The molecule has 0 aliphatic carbocycles. The van der Waals surface area contributed by atoms with Gasteiger partial charge in [-0.15, -0.1) is 0 Å². The topological polar surface area (TPSA) is 62.6 Å². The Balaban J connectivity index is 2.10. The van der Waals surface area contributed by atoms with Crippen LogP contribution in [0.1, 0.15) is 43.7 Å². The van der Waals surface area contributed by atoms with Gasteiger partial charge < -0.3 is 9.73 Å². The Bertz CT molecular complexity index is 777. The van der Waals surface area contributed by atoms with Crippen molar-refractivity contribution in [1.29, 1.82) is 0 Å². The maximum Gasteiger partial charge on any atom is 0.275 e. The van der Waals surface area contributed by atoms with E-state index in [1.807, 2.05) is 0 Å². The zero-order valence-electron chi connectivity index (χ0n) is 15.6. The Morgan fingerprint density at radius 1 is 1.08 bits per heavy atom. The van der Waals surface area contributed by atoms with Crippen LogP contribution in [0.25, 0.3) is 0 Å².